The van der Waals surface area contributed by atoms with Crippen LogP contribution >= 0.6 is 0 Å². The van der Waals surface area contributed by atoms with Crippen LogP contribution in [0.25, 0.3) is 0 Å². The third kappa shape index (κ3) is 4.87. The van der Waals surface area contributed by atoms with Gasteiger partial charge >= 0.3 is 0 Å². The Kier molecular flexibility index (Phi) is 5.99. The highest BCUT2D eigenvalue weighted by Crippen LogP contribution is 2.38. The maximum atomic E-state index is 12.7. The molecule has 1 amide bonds. The Morgan fingerprint density at radius 2 is 1.87 bits per heavy atom. The van der Waals surface area contributed by atoms with Gasteiger partial charge in [0.05, 0.1) is 25.6 Å². The Bertz CT molecular complexity index is 1030. The summed E-state index contributed by atoms with van der Waals surface area (Å²) in [5.74, 6) is 0.741. The fourth-order valence-corrected chi connectivity index (χ4v) is 4.12. The van der Waals surface area contributed by atoms with E-state index < -0.39 is 16.1 Å². The second kappa shape index (κ2) is 8.18. The van der Waals surface area contributed by atoms with Crippen molar-refractivity contribution in [1.29, 1.82) is 0 Å². The normalized spacial score (nSPS) is 16.4. The largest absolute Gasteiger partial charge is 0.497 e. The van der Waals surface area contributed by atoms with Crippen LogP contribution in [0.2, 0.25) is 0 Å². The second-order valence-electron chi connectivity index (χ2n) is 8.40. The lowest BCUT2D eigenvalue weighted by Crippen LogP contribution is -2.50. The van der Waals surface area contributed by atoms with Gasteiger partial charge in [-0.05, 0) is 40.8 Å². The number of carbonyl (C=O) groups is 1. The van der Waals surface area contributed by atoms with Crippen LogP contribution in [0, 0.1) is 0 Å². The van der Waals surface area contributed by atoms with E-state index in [4.69, 9.17) is 9.47 Å². The number of anilines is 1. The molecule has 30 heavy (non-hydrogen) atoms. The molecule has 0 saturated carbocycles. The summed E-state index contributed by atoms with van der Waals surface area (Å²) in [5.41, 5.74) is 2.20. The van der Waals surface area contributed by atoms with E-state index in [1.165, 1.54) is 4.31 Å². The van der Waals surface area contributed by atoms with E-state index in [0.29, 0.717) is 18.0 Å². The minimum Gasteiger partial charge on any atom is -0.497 e. The van der Waals surface area contributed by atoms with Gasteiger partial charge in [0, 0.05) is 6.54 Å². The first-order valence-corrected chi connectivity index (χ1v) is 11.5. The molecule has 1 aliphatic rings. The number of ether oxygens (including phenoxy) is 2. The Morgan fingerprint density at radius 1 is 1.20 bits per heavy atom. The van der Waals surface area contributed by atoms with Crippen LogP contribution in [0.1, 0.15) is 31.9 Å². The lowest BCUT2D eigenvalue weighted by molar-refractivity contribution is -0.127. The molecule has 2 aromatic carbocycles. The van der Waals surface area contributed by atoms with Gasteiger partial charge in [-0.3, -0.25) is 9.10 Å². The van der Waals surface area contributed by atoms with Gasteiger partial charge in [0.15, 0.2) is 6.10 Å². The number of carbonyl (C=O) groups excluding carboxylic acids is 1. The fraction of sp³-hybridized carbons (Fsp3) is 0.409. The monoisotopic (exact) mass is 432 g/mol. The molecule has 7 nitrogen and oxygen atoms in total. The highest BCUT2D eigenvalue weighted by molar-refractivity contribution is 7.92. The average molecular weight is 433 g/mol. The van der Waals surface area contributed by atoms with Gasteiger partial charge in [-0.1, -0.05) is 39.0 Å². The molecule has 8 heteroatoms. The predicted molar refractivity (Wildman–Crippen MR) is 117 cm³/mol. The summed E-state index contributed by atoms with van der Waals surface area (Å²) in [6, 6.07) is 12.8. The summed E-state index contributed by atoms with van der Waals surface area (Å²) >= 11 is 0. The summed E-state index contributed by atoms with van der Waals surface area (Å²) in [5, 5.41) is 2.82. The smallest absolute Gasteiger partial charge is 0.263 e. The minimum atomic E-state index is -3.58. The van der Waals surface area contributed by atoms with E-state index in [-0.39, 0.29) is 17.9 Å². The van der Waals surface area contributed by atoms with Crippen molar-refractivity contribution in [2.24, 2.45) is 0 Å². The Labute approximate surface area is 178 Å². The van der Waals surface area contributed by atoms with Gasteiger partial charge < -0.3 is 14.8 Å². The maximum absolute atomic E-state index is 12.7. The molecule has 1 unspecified atom stereocenters. The summed E-state index contributed by atoms with van der Waals surface area (Å²) in [7, 11) is -1.99. The van der Waals surface area contributed by atoms with Gasteiger partial charge in [0.2, 0.25) is 10.0 Å². The number of fused-ring (bicyclic) bond motifs is 1. The number of benzene rings is 2. The van der Waals surface area contributed by atoms with E-state index in [1.54, 1.807) is 13.2 Å². The first kappa shape index (κ1) is 22.0. The average Bonchev–Trinajstić information content (AvgIpc) is 2.69. The summed E-state index contributed by atoms with van der Waals surface area (Å²) in [4.78, 5) is 12.7. The molecular formula is C22H28N2O5S. The van der Waals surface area contributed by atoms with Gasteiger partial charge in [-0.15, -0.1) is 0 Å². The van der Waals surface area contributed by atoms with Crippen LogP contribution < -0.4 is 19.1 Å². The zero-order valence-corrected chi connectivity index (χ0v) is 18.7. The quantitative estimate of drug-likeness (QED) is 0.785. The Balaban J connectivity index is 1.80. The molecule has 1 heterocycles. The van der Waals surface area contributed by atoms with Gasteiger partial charge in [-0.2, -0.15) is 0 Å². The molecule has 0 saturated heterocycles. The van der Waals surface area contributed by atoms with Crippen LogP contribution in [0.3, 0.4) is 0 Å². The molecule has 162 valence electrons. The van der Waals surface area contributed by atoms with Crippen LogP contribution in [-0.4, -0.2) is 40.3 Å². The standard InChI is InChI=1S/C22H28N2O5S/c1-22(2,3)16-8-11-19-18(12-16)24(30(5,26)27)14-20(29-19)21(25)23-13-15-6-9-17(28-4)10-7-15/h6-12,20H,13-14H2,1-5H3,(H,23,25). The van der Waals surface area contributed by atoms with Crippen molar-refractivity contribution in [2.75, 3.05) is 24.2 Å². The van der Waals surface area contributed by atoms with Crippen LogP contribution in [0.5, 0.6) is 11.5 Å². The minimum absolute atomic E-state index is 0.0755. The van der Waals surface area contributed by atoms with Crippen molar-refractivity contribution in [3.8, 4) is 11.5 Å². The van der Waals surface area contributed by atoms with Gasteiger partial charge in [-0.25, -0.2) is 8.42 Å². The summed E-state index contributed by atoms with van der Waals surface area (Å²) in [6.07, 6.45) is 0.198. The van der Waals surface area contributed by atoms with E-state index in [2.05, 4.69) is 26.1 Å². The number of nitrogens with zero attached hydrogens (tertiary/aromatic N) is 1. The van der Waals surface area contributed by atoms with Crippen molar-refractivity contribution in [3.63, 3.8) is 0 Å². The molecule has 1 N–H and O–H groups in total. The first-order valence-electron chi connectivity index (χ1n) is 9.68. The van der Waals surface area contributed by atoms with Crippen LogP contribution in [0.4, 0.5) is 5.69 Å². The Hall–Kier alpha value is -2.74. The Morgan fingerprint density at radius 3 is 2.43 bits per heavy atom. The highest BCUT2D eigenvalue weighted by Gasteiger charge is 2.35. The molecule has 1 atom stereocenters. The number of rotatable bonds is 5. The van der Waals surface area contributed by atoms with Crippen LogP contribution in [0.15, 0.2) is 42.5 Å². The maximum Gasteiger partial charge on any atom is 0.263 e. The molecule has 0 aliphatic carbocycles. The van der Waals surface area contributed by atoms with Crippen molar-refractivity contribution in [3.05, 3.63) is 53.6 Å². The number of methoxy groups -OCH3 is 1. The molecule has 0 fully saturated rings. The van der Waals surface area contributed by atoms with Gasteiger partial charge in [0.25, 0.3) is 5.91 Å². The third-order valence-electron chi connectivity index (χ3n) is 5.01. The zero-order chi connectivity index (χ0) is 22.1. The lowest BCUT2D eigenvalue weighted by atomic mass is 9.86. The molecule has 0 bridgehead atoms. The molecule has 3 rings (SSSR count). The molecule has 0 spiro atoms. The number of hydrogen-bond donors (Lipinski definition) is 1. The fourth-order valence-electron chi connectivity index (χ4n) is 3.21. The number of amides is 1. The van der Waals surface area contributed by atoms with E-state index in [0.717, 1.165) is 23.1 Å². The topological polar surface area (TPSA) is 84.9 Å². The summed E-state index contributed by atoms with van der Waals surface area (Å²) < 4.78 is 37.1. The first-order chi connectivity index (χ1) is 14.0. The third-order valence-corrected chi connectivity index (χ3v) is 6.16. The summed E-state index contributed by atoms with van der Waals surface area (Å²) in [6.45, 7) is 6.39. The van der Waals surface area contributed by atoms with Crippen molar-refractivity contribution in [2.45, 2.75) is 38.8 Å². The number of sulfonamides is 1. The molecule has 1 aliphatic heterocycles. The van der Waals surface area contributed by atoms with Crippen LogP contribution in [-0.2, 0) is 26.8 Å². The van der Waals surface area contributed by atoms with E-state index in [9.17, 15) is 13.2 Å². The van der Waals surface area contributed by atoms with E-state index >= 15 is 0 Å². The van der Waals surface area contributed by atoms with Crippen molar-refractivity contribution in [1.82, 2.24) is 5.32 Å². The molecule has 2 aromatic rings. The predicted octanol–water partition coefficient (Wildman–Crippen LogP) is 2.84. The zero-order valence-electron chi connectivity index (χ0n) is 17.9. The van der Waals surface area contributed by atoms with Crippen molar-refractivity contribution < 1.29 is 22.7 Å². The number of nitrogens with one attached hydrogen (secondary N) is 1. The molecular weight excluding hydrogens is 404 g/mol. The molecule has 0 aromatic heterocycles. The second-order valence-corrected chi connectivity index (χ2v) is 10.3. The van der Waals surface area contributed by atoms with E-state index in [1.807, 2.05) is 36.4 Å². The number of hydrogen-bond acceptors (Lipinski definition) is 5. The molecule has 0 radical (unpaired) electrons. The van der Waals surface area contributed by atoms with Gasteiger partial charge in [0.1, 0.15) is 11.5 Å². The highest BCUT2D eigenvalue weighted by atomic mass is 32.2. The SMILES string of the molecule is COc1ccc(CNC(=O)C2CN(S(C)(=O)=O)c3cc(C(C)(C)C)ccc3O2)cc1. The lowest BCUT2D eigenvalue weighted by Gasteiger charge is -2.35. The van der Waals surface area contributed by atoms with Crippen molar-refractivity contribution >= 4 is 21.6 Å².